The Morgan fingerprint density at radius 3 is 2.81 bits per heavy atom. The molecule has 2 amide bonds. The van der Waals surface area contributed by atoms with Gasteiger partial charge in [0, 0.05) is 36.7 Å². The highest BCUT2D eigenvalue weighted by Crippen LogP contribution is 2.39. The average Bonchev–Trinajstić information content (AvgIpc) is 3.01. The minimum absolute atomic E-state index is 0.00334. The number of fused-ring (bicyclic) bond motifs is 4. The Labute approximate surface area is 151 Å². The number of carbonyl (C=O) groups excluding carboxylic acids is 2. The van der Waals surface area contributed by atoms with Crippen molar-refractivity contribution in [3.63, 3.8) is 0 Å². The monoisotopic (exact) mass is 357 g/mol. The van der Waals surface area contributed by atoms with Crippen molar-refractivity contribution in [3.8, 4) is 5.75 Å². The molecule has 1 aromatic heterocycles. The summed E-state index contributed by atoms with van der Waals surface area (Å²) in [5.74, 6) is 0.763. The van der Waals surface area contributed by atoms with Gasteiger partial charge in [0.15, 0.2) is 0 Å². The van der Waals surface area contributed by atoms with Crippen LogP contribution in [0.25, 0.3) is 10.9 Å². The van der Waals surface area contributed by atoms with Gasteiger partial charge in [-0.05, 0) is 30.7 Å². The van der Waals surface area contributed by atoms with Gasteiger partial charge in [-0.15, -0.1) is 0 Å². The van der Waals surface area contributed by atoms with Gasteiger partial charge >= 0.3 is 0 Å². The predicted molar refractivity (Wildman–Crippen MR) is 96.1 cm³/mol. The summed E-state index contributed by atoms with van der Waals surface area (Å²) in [6.45, 7) is 2.96. The first kappa shape index (κ1) is 16.9. The zero-order chi connectivity index (χ0) is 18.4. The van der Waals surface area contributed by atoms with E-state index in [9.17, 15) is 9.59 Å². The lowest BCUT2D eigenvalue weighted by atomic mass is 9.90. The van der Waals surface area contributed by atoms with Crippen molar-refractivity contribution < 1.29 is 19.1 Å². The second-order valence-electron chi connectivity index (χ2n) is 6.88. The van der Waals surface area contributed by atoms with Crippen LogP contribution in [-0.4, -0.2) is 66.6 Å². The van der Waals surface area contributed by atoms with Crippen LogP contribution in [-0.2, 0) is 20.7 Å². The van der Waals surface area contributed by atoms with E-state index < -0.39 is 6.04 Å². The summed E-state index contributed by atoms with van der Waals surface area (Å²) < 4.78 is 10.4. The van der Waals surface area contributed by atoms with Crippen LogP contribution in [0.4, 0.5) is 0 Å². The molecule has 7 nitrogen and oxygen atoms in total. The van der Waals surface area contributed by atoms with E-state index in [1.165, 1.54) is 0 Å². The minimum atomic E-state index is -0.458. The van der Waals surface area contributed by atoms with E-state index in [-0.39, 0.29) is 24.4 Å². The number of carbonyl (C=O) groups is 2. The molecule has 0 bridgehead atoms. The van der Waals surface area contributed by atoms with E-state index in [0.717, 1.165) is 27.9 Å². The Morgan fingerprint density at radius 1 is 1.27 bits per heavy atom. The zero-order valence-corrected chi connectivity index (χ0v) is 15.2. The quantitative estimate of drug-likeness (QED) is 0.899. The lowest BCUT2D eigenvalue weighted by Crippen LogP contribution is -2.62. The van der Waals surface area contributed by atoms with E-state index in [1.54, 1.807) is 24.0 Å². The van der Waals surface area contributed by atoms with Gasteiger partial charge in [-0.2, -0.15) is 0 Å². The molecule has 2 atom stereocenters. The van der Waals surface area contributed by atoms with Crippen LogP contribution in [0.1, 0.15) is 24.2 Å². The number of ether oxygens (including phenoxy) is 2. The lowest BCUT2D eigenvalue weighted by molar-refractivity contribution is -0.159. The fourth-order valence-corrected chi connectivity index (χ4v) is 4.17. The molecule has 2 aromatic rings. The average molecular weight is 357 g/mol. The molecule has 4 rings (SSSR count). The maximum atomic E-state index is 13.0. The highest BCUT2D eigenvalue weighted by molar-refractivity contribution is 5.97. The predicted octanol–water partition coefficient (Wildman–Crippen LogP) is 1.48. The summed E-state index contributed by atoms with van der Waals surface area (Å²) in [7, 11) is 3.23. The van der Waals surface area contributed by atoms with Gasteiger partial charge in [0.25, 0.3) is 0 Å². The summed E-state index contributed by atoms with van der Waals surface area (Å²) in [5, 5.41) is 1.06. The Balaban J connectivity index is 1.75. The molecular formula is C19H23N3O4. The van der Waals surface area contributed by atoms with Crippen LogP contribution in [0, 0.1) is 0 Å². The molecule has 1 saturated heterocycles. The zero-order valence-electron chi connectivity index (χ0n) is 15.2. The molecule has 138 valence electrons. The number of amides is 2. The van der Waals surface area contributed by atoms with E-state index in [2.05, 4.69) is 4.98 Å². The van der Waals surface area contributed by atoms with Gasteiger partial charge in [0.2, 0.25) is 11.8 Å². The minimum Gasteiger partial charge on any atom is -0.497 e. The van der Waals surface area contributed by atoms with E-state index in [1.807, 2.05) is 25.1 Å². The fraction of sp³-hybridized carbons (Fsp3) is 0.474. The van der Waals surface area contributed by atoms with Crippen molar-refractivity contribution in [1.82, 2.24) is 14.8 Å². The number of methoxy groups -OCH3 is 2. The van der Waals surface area contributed by atoms with Gasteiger partial charge < -0.3 is 24.3 Å². The number of nitrogens with one attached hydrogen (secondary N) is 1. The SMILES string of the molecule is COCCN1CC(=O)N2C(Cc3c([nH]c4ccc(OC)cc34)C2C)C1=O. The molecule has 3 heterocycles. The molecule has 7 heteroatoms. The number of aromatic nitrogens is 1. The number of piperazine rings is 1. The number of hydrogen-bond donors (Lipinski definition) is 1. The van der Waals surface area contributed by atoms with Crippen molar-refractivity contribution in [2.45, 2.75) is 25.4 Å². The third-order valence-corrected chi connectivity index (χ3v) is 5.49. The van der Waals surface area contributed by atoms with Crippen LogP contribution < -0.4 is 4.74 Å². The Morgan fingerprint density at radius 2 is 2.08 bits per heavy atom. The lowest BCUT2D eigenvalue weighted by Gasteiger charge is -2.45. The first-order valence-electron chi connectivity index (χ1n) is 8.82. The topological polar surface area (TPSA) is 74.9 Å². The second-order valence-corrected chi connectivity index (χ2v) is 6.88. The van der Waals surface area contributed by atoms with Crippen molar-refractivity contribution in [3.05, 3.63) is 29.5 Å². The summed E-state index contributed by atoms with van der Waals surface area (Å²) in [4.78, 5) is 32.5. The number of benzene rings is 1. The maximum Gasteiger partial charge on any atom is 0.246 e. The number of H-pyrrole nitrogens is 1. The Bertz CT molecular complexity index is 875. The van der Waals surface area contributed by atoms with Crippen LogP contribution in [0.5, 0.6) is 5.75 Å². The Hall–Kier alpha value is -2.54. The standard InChI is InChI=1S/C19H23N3O4/c1-11-18-14(13-8-12(26-3)4-5-15(13)20-18)9-16-19(24)21(6-7-25-2)10-17(23)22(11)16/h4-5,8,11,16,20H,6-7,9-10H2,1-3H3. The number of nitrogens with zero attached hydrogens (tertiary/aromatic N) is 2. The van der Waals surface area contributed by atoms with E-state index in [0.29, 0.717) is 19.6 Å². The summed E-state index contributed by atoms with van der Waals surface area (Å²) >= 11 is 0. The molecule has 2 aliphatic rings. The van der Waals surface area contributed by atoms with Gasteiger partial charge in [-0.25, -0.2) is 0 Å². The molecule has 0 spiro atoms. The first-order chi connectivity index (χ1) is 12.5. The van der Waals surface area contributed by atoms with Gasteiger partial charge in [0.1, 0.15) is 11.8 Å². The van der Waals surface area contributed by atoms with Crippen molar-refractivity contribution in [1.29, 1.82) is 0 Å². The van der Waals surface area contributed by atoms with Crippen LogP contribution in [0.2, 0.25) is 0 Å². The van der Waals surface area contributed by atoms with E-state index in [4.69, 9.17) is 9.47 Å². The molecule has 2 aliphatic heterocycles. The van der Waals surface area contributed by atoms with E-state index >= 15 is 0 Å². The molecule has 0 radical (unpaired) electrons. The van der Waals surface area contributed by atoms with Crippen molar-refractivity contribution in [2.75, 3.05) is 33.9 Å². The van der Waals surface area contributed by atoms with Gasteiger partial charge in [-0.1, -0.05) is 0 Å². The molecule has 26 heavy (non-hydrogen) atoms. The summed E-state index contributed by atoms with van der Waals surface area (Å²) in [6.07, 6.45) is 0.515. The second kappa shape index (κ2) is 6.32. The summed E-state index contributed by atoms with van der Waals surface area (Å²) in [5.41, 5.74) is 3.11. The van der Waals surface area contributed by atoms with Gasteiger partial charge in [0.05, 0.1) is 26.3 Å². The third kappa shape index (κ3) is 2.46. The van der Waals surface area contributed by atoms with Crippen LogP contribution in [0.15, 0.2) is 18.2 Å². The first-order valence-corrected chi connectivity index (χ1v) is 8.82. The number of aromatic amines is 1. The van der Waals surface area contributed by atoms with Crippen molar-refractivity contribution >= 4 is 22.7 Å². The normalized spacial score (nSPS) is 22.6. The van der Waals surface area contributed by atoms with Crippen LogP contribution >= 0.6 is 0 Å². The number of rotatable bonds is 4. The maximum absolute atomic E-state index is 13.0. The van der Waals surface area contributed by atoms with Gasteiger partial charge in [-0.3, -0.25) is 9.59 Å². The molecule has 2 unspecified atom stereocenters. The smallest absolute Gasteiger partial charge is 0.246 e. The highest BCUT2D eigenvalue weighted by atomic mass is 16.5. The molecule has 0 saturated carbocycles. The Kier molecular flexibility index (Phi) is 4.11. The molecule has 1 fully saturated rings. The molecule has 0 aliphatic carbocycles. The van der Waals surface area contributed by atoms with Crippen molar-refractivity contribution in [2.24, 2.45) is 0 Å². The molecule has 1 aromatic carbocycles. The number of hydrogen-bond acceptors (Lipinski definition) is 4. The highest BCUT2D eigenvalue weighted by Gasteiger charge is 2.46. The largest absolute Gasteiger partial charge is 0.497 e. The van der Waals surface area contributed by atoms with Crippen LogP contribution in [0.3, 0.4) is 0 Å². The fourth-order valence-electron chi connectivity index (χ4n) is 4.17. The molecule has 1 N–H and O–H groups in total. The summed E-state index contributed by atoms with van der Waals surface area (Å²) in [6, 6.07) is 5.26. The molecular weight excluding hydrogens is 334 g/mol. The third-order valence-electron chi connectivity index (χ3n) is 5.49.